The quantitative estimate of drug-likeness (QED) is 0.759. The van der Waals surface area contributed by atoms with Crippen molar-refractivity contribution in [2.75, 3.05) is 0 Å². The van der Waals surface area contributed by atoms with Crippen molar-refractivity contribution in [2.45, 2.75) is 45.1 Å². The molecule has 0 aliphatic heterocycles. The highest BCUT2D eigenvalue weighted by atomic mass is 14.6. The Bertz CT molecular complexity index is 243. The Morgan fingerprint density at radius 2 is 1.79 bits per heavy atom. The lowest BCUT2D eigenvalue weighted by atomic mass is 9.87. The summed E-state index contributed by atoms with van der Waals surface area (Å²) >= 11 is 0. The Morgan fingerprint density at radius 1 is 1.14 bits per heavy atom. The molecule has 0 radical (unpaired) electrons. The molecule has 0 amide bonds. The minimum absolute atomic E-state index is 0.312. The van der Waals surface area contributed by atoms with Gasteiger partial charge in [-0.15, -0.1) is 0 Å². The average molecular weight is 191 g/mol. The van der Waals surface area contributed by atoms with Crippen LogP contribution in [-0.4, -0.2) is 6.04 Å². The van der Waals surface area contributed by atoms with Crippen LogP contribution in [0.3, 0.4) is 0 Å². The Morgan fingerprint density at radius 3 is 2.29 bits per heavy atom. The Hall–Kier alpha value is -0.820. The van der Waals surface area contributed by atoms with Crippen molar-refractivity contribution in [3.8, 4) is 0 Å². The summed E-state index contributed by atoms with van der Waals surface area (Å²) in [5, 5.41) is 0. The molecule has 1 aromatic carbocycles. The van der Waals surface area contributed by atoms with Gasteiger partial charge >= 0.3 is 0 Å². The molecule has 2 N–H and O–H groups in total. The molecular formula is C13H21N. The average Bonchev–Trinajstić information content (AvgIpc) is 2.21. The maximum atomic E-state index is 6.17. The van der Waals surface area contributed by atoms with E-state index in [2.05, 4.69) is 44.2 Å². The molecule has 2 atom stereocenters. The van der Waals surface area contributed by atoms with Crippen LogP contribution in [0.25, 0.3) is 0 Å². The monoisotopic (exact) mass is 191 g/mol. The summed E-state index contributed by atoms with van der Waals surface area (Å²) in [6.45, 7) is 4.41. The van der Waals surface area contributed by atoms with Gasteiger partial charge in [-0.3, -0.25) is 0 Å². The van der Waals surface area contributed by atoms with Crippen LogP contribution in [-0.2, 0) is 0 Å². The second-order valence-corrected chi connectivity index (χ2v) is 3.88. The van der Waals surface area contributed by atoms with Gasteiger partial charge in [0.25, 0.3) is 0 Å². The zero-order valence-electron chi connectivity index (χ0n) is 9.24. The number of hydrogen-bond donors (Lipinski definition) is 1. The first-order chi connectivity index (χ1) is 6.79. The molecule has 78 valence electrons. The third-order valence-corrected chi connectivity index (χ3v) is 2.81. The molecule has 1 heteroatoms. The van der Waals surface area contributed by atoms with Gasteiger partial charge in [0.05, 0.1) is 0 Å². The van der Waals surface area contributed by atoms with Gasteiger partial charge in [-0.05, 0) is 24.3 Å². The van der Waals surface area contributed by atoms with Crippen molar-refractivity contribution in [1.82, 2.24) is 0 Å². The summed E-state index contributed by atoms with van der Waals surface area (Å²) in [4.78, 5) is 0. The van der Waals surface area contributed by atoms with Crippen molar-refractivity contribution >= 4 is 0 Å². The van der Waals surface area contributed by atoms with Crippen LogP contribution in [0.4, 0.5) is 0 Å². The summed E-state index contributed by atoms with van der Waals surface area (Å²) in [6, 6.07) is 10.9. The SMILES string of the molecule is CCCC(N)C(CC)c1ccccc1. The Labute approximate surface area is 87.3 Å². The first-order valence-electron chi connectivity index (χ1n) is 5.60. The first kappa shape index (κ1) is 11.3. The van der Waals surface area contributed by atoms with Gasteiger partial charge in [0.1, 0.15) is 0 Å². The van der Waals surface area contributed by atoms with Gasteiger partial charge in [0.2, 0.25) is 0 Å². The fourth-order valence-corrected chi connectivity index (χ4v) is 2.02. The zero-order chi connectivity index (χ0) is 10.4. The van der Waals surface area contributed by atoms with E-state index in [1.165, 1.54) is 12.0 Å². The second kappa shape index (κ2) is 5.82. The maximum absolute atomic E-state index is 6.17. The summed E-state index contributed by atoms with van der Waals surface area (Å²) in [5.74, 6) is 0.524. The molecule has 1 rings (SSSR count). The lowest BCUT2D eigenvalue weighted by molar-refractivity contribution is 0.483. The van der Waals surface area contributed by atoms with Crippen LogP contribution in [0.5, 0.6) is 0 Å². The van der Waals surface area contributed by atoms with Crippen molar-refractivity contribution in [2.24, 2.45) is 5.73 Å². The maximum Gasteiger partial charge on any atom is 0.0108 e. The van der Waals surface area contributed by atoms with E-state index in [-0.39, 0.29) is 0 Å². The molecule has 14 heavy (non-hydrogen) atoms. The highest BCUT2D eigenvalue weighted by Gasteiger charge is 2.16. The van der Waals surface area contributed by atoms with Gasteiger partial charge < -0.3 is 5.73 Å². The fraction of sp³-hybridized carbons (Fsp3) is 0.538. The smallest absolute Gasteiger partial charge is 0.0108 e. The molecular weight excluding hydrogens is 170 g/mol. The van der Waals surface area contributed by atoms with Crippen molar-refractivity contribution in [1.29, 1.82) is 0 Å². The molecule has 0 saturated carbocycles. The standard InChI is InChI=1S/C13H21N/c1-3-8-13(14)12(4-2)11-9-6-5-7-10-11/h5-7,9-10,12-13H,3-4,8,14H2,1-2H3. The number of benzene rings is 1. The molecule has 0 bridgehead atoms. The van der Waals surface area contributed by atoms with E-state index in [1.807, 2.05) is 0 Å². The lowest BCUT2D eigenvalue weighted by Gasteiger charge is -2.22. The van der Waals surface area contributed by atoms with E-state index in [0.29, 0.717) is 12.0 Å². The largest absolute Gasteiger partial charge is 0.327 e. The predicted molar refractivity (Wildman–Crippen MR) is 62.4 cm³/mol. The molecule has 0 saturated heterocycles. The molecule has 0 aromatic heterocycles. The van der Waals surface area contributed by atoms with E-state index in [0.717, 1.165) is 12.8 Å². The van der Waals surface area contributed by atoms with Crippen LogP contribution in [0.15, 0.2) is 30.3 Å². The molecule has 1 nitrogen and oxygen atoms in total. The van der Waals surface area contributed by atoms with Gasteiger partial charge in [-0.25, -0.2) is 0 Å². The molecule has 0 spiro atoms. The lowest BCUT2D eigenvalue weighted by Crippen LogP contribution is -2.27. The van der Waals surface area contributed by atoms with Crippen LogP contribution in [0.2, 0.25) is 0 Å². The molecule has 0 aliphatic rings. The summed E-state index contributed by atoms with van der Waals surface area (Å²) in [7, 11) is 0. The number of hydrogen-bond acceptors (Lipinski definition) is 1. The van der Waals surface area contributed by atoms with Gasteiger partial charge in [0.15, 0.2) is 0 Å². The Kier molecular flexibility index (Phi) is 4.68. The number of rotatable bonds is 5. The van der Waals surface area contributed by atoms with Crippen molar-refractivity contribution < 1.29 is 0 Å². The fourth-order valence-electron chi connectivity index (χ4n) is 2.02. The first-order valence-corrected chi connectivity index (χ1v) is 5.60. The molecule has 1 aromatic rings. The van der Waals surface area contributed by atoms with E-state index in [4.69, 9.17) is 5.73 Å². The van der Waals surface area contributed by atoms with Gasteiger partial charge in [-0.2, -0.15) is 0 Å². The topological polar surface area (TPSA) is 26.0 Å². The van der Waals surface area contributed by atoms with Crippen LogP contribution in [0, 0.1) is 0 Å². The van der Waals surface area contributed by atoms with Gasteiger partial charge in [0, 0.05) is 6.04 Å². The highest BCUT2D eigenvalue weighted by molar-refractivity contribution is 5.20. The molecule has 2 unspecified atom stereocenters. The predicted octanol–water partition coefficient (Wildman–Crippen LogP) is 3.31. The number of nitrogens with two attached hydrogens (primary N) is 1. The summed E-state index contributed by atoms with van der Waals surface area (Å²) < 4.78 is 0. The highest BCUT2D eigenvalue weighted by Crippen LogP contribution is 2.24. The molecule has 0 heterocycles. The van der Waals surface area contributed by atoms with E-state index in [9.17, 15) is 0 Å². The van der Waals surface area contributed by atoms with E-state index < -0.39 is 0 Å². The van der Waals surface area contributed by atoms with Crippen molar-refractivity contribution in [3.63, 3.8) is 0 Å². The molecule has 0 fully saturated rings. The van der Waals surface area contributed by atoms with Crippen molar-refractivity contribution in [3.05, 3.63) is 35.9 Å². The summed E-state index contributed by atoms with van der Waals surface area (Å²) in [6.07, 6.45) is 3.42. The third kappa shape index (κ3) is 2.85. The van der Waals surface area contributed by atoms with Crippen LogP contribution in [0.1, 0.15) is 44.6 Å². The van der Waals surface area contributed by atoms with Crippen LogP contribution < -0.4 is 5.73 Å². The minimum atomic E-state index is 0.312. The Balaban J connectivity index is 2.71. The third-order valence-electron chi connectivity index (χ3n) is 2.81. The van der Waals surface area contributed by atoms with Gasteiger partial charge in [-0.1, -0.05) is 50.6 Å². The van der Waals surface area contributed by atoms with E-state index >= 15 is 0 Å². The second-order valence-electron chi connectivity index (χ2n) is 3.88. The summed E-state index contributed by atoms with van der Waals surface area (Å²) in [5.41, 5.74) is 7.56. The molecule has 0 aliphatic carbocycles. The minimum Gasteiger partial charge on any atom is -0.327 e. The zero-order valence-corrected chi connectivity index (χ0v) is 9.24. The normalized spacial score (nSPS) is 15.1. The van der Waals surface area contributed by atoms with E-state index in [1.54, 1.807) is 0 Å². The van der Waals surface area contributed by atoms with Crippen LogP contribution >= 0.6 is 0 Å².